The van der Waals surface area contributed by atoms with E-state index in [0.29, 0.717) is 18.9 Å². The van der Waals surface area contributed by atoms with Gasteiger partial charge in [-0.2, -0.15) is 5.10 Å². The molecule has 1 aliphatic rings. The van der Waals surface area contributed by atoms with Gasteiger partial charge in [-0.05, 0) is 49.2 Å². The van der Waals surface area contributed by atoms with Crippen LogP contribution in [0.4, 0.5) is 10.2 Å². The minimum atomic E-state index is -0.288. The molecule has 31 heavy (non-hydrogen) atoms. The number of guanidine groups is 1. The molecule has 1 saturated heterocycles. The second-order valence-corrected chi connectivity index (χ2v) is 7.05. The second-order valence-electron chi connectivity index (χ2n) is 7.05. The summed E-state index contributed by atoms with van der Waals surface area (Å²) in [6, 6.07) is 9.00. The average molecular weight is 536 g/mol. The normalized spacial score (nSPS) is 16.1. The van der Waals surface area contributed by atoms with Gasteiger partial charge in [0.15, 0.2) is 23.4 Å². The molecule has 0 spiro atoms. The van der Waals surface area contributed by atoms with Crippen LogP contribution in [-0.4, -0.2) is 51.4 Å². The van der Waals surface area contributed by atoms with Crippen LogP contribution in [0.15, 0.2) is 60.1 Å². The Bertz CT molecular complexity index is 995. The van der Waals surface area contributed by atoms with E-state index in [9.17, 15) is 4.39 Å². The highest BCUT2D eigenvalue weighted by molar-refractivity contribution is 14.0. The molecule has 10 heteroatoms. The van der Waals surface area contributed by atoms with Crippen molar-refractivity contribution in [1.82, 2.24) is 30.4 Å². The maximum atomic E-state index is 14.0. The first-order chi connectivity index (χ1) is 14.7. The molecule has 1 fully saturated rings. The van der Waals surface area contributed by atoms with Gasteiger partial charge in [0.1, 0.15) is 0 Å². The molecule has 0 bridgehead atoms. The predicted molar refractivity (Wildman–Crippen MR) is 130 cm³/mol. The predicted octanol–water partition coefficient (Wildman–Crippen LogP) is 2.75. The molecule has 4 heterocycles. The molecule has 1 aliphatic heterocycles. The molecule has 0 radical (unpaired) electrons. The van der Waals surface area contributed by atoms with Crippen LogP contribution in [0.25, 0.3) is 5.82 Å². The molecule has 4 rings (SSSR count). The summed E-state index contributed by atoms with van der Waals surface area (Å²) in [6.45, 7) is 4.73. The quantitative estimate of drug-likeness (QED) is 0.287. The third kappa shape index (κ3) is 5.90. The lowest BCUT2D eigenvalue weighted by Gasteiger charge is -2.20. The monoisotopic (exact) mass is 536 g/mol. The highest BCUT2D eigenvalue weighted by Crippen LogP contribution is 2.20. The van der Waals surface area contributed by atoms with Gasteiger partial charge in [0, 0.05) is 50.5 Å². The number of halogens is 2. The van der Waals surface area contributed by atoms with Crippen molar-refractivity contribution in [1.29, 1.82) is 0 Å². The zero-order valence-corrected chi connectivity index (χ0v) is 19.6. The van der Waals surface area contributed by atoms with Crippen molar-refractivity contribution < 1.29 is 4.39 Å². The molecule has 164 valence electrons. The van der Waals surface area contributed by atoms with Crippen molar-refractivity contribution in [2.45, 2.75) is 25.9 Å². The number of nitrogens with zero attached hydrogens (tertiary/aromatic N) is 6. The number of aromatic nitrogens is 4. The number of anilines is 1. The van der Waals surface area contributed by atoms with Gasteiger partial charge in [-0.1, -0.05) is 0 Å². The lowest BCUT2D eigenvalue weighted by atomic mass is 10.2. The lowest BCUT2D eigenvalue weighted by molar-refractivity contribution is 0.612. The molecular weight excluding hydrogens is 510 g/mol. The third-order valence-corrected chi connectivity index (χ3v) is 4.88. The first kappa shape index (κ1) is 22.9. The maximum absolute atomic E-state index is 14.0. The highest BCUT2D eigenvalue weighted by atomic mass is 127. The molecule has 0 saturated carbocycles. The van der Waals surface area contributed by atoms with Crippen LogP contribution in [0.2, 0.25) is 0 Å². The summed E-state index contributed by atoms with van der Waals surface area (Å²) in [6.07, 6.45) is 7.85. The van der Waals surface area contributed by atoms with Gasteiger partial charge in [0.05, 0.1) is 6.54 Å². The van der Waals surface area contributed by atoms with Crippen LogP contribution < -0.4 is 15.5 Å². The Balaban J connectivity index is 0.00000272. The fraction of sp³-hybridized carbons (Fsp3) is 0.333. The molecule has 3 aromatic rings. The van der Waals surface area contributed by atoms with Crippen LogP contribution in [0.5, 0.6) is 0 Å². The van der Waals surface area contributed by atoms with Crippen molar-refractivity contribution in [2.24, 2.45) is 4.99 Å². The Morgan fingerprint density at radius 3 is 2.90 bits per heavy atom. The van der Waals surface area contributed by atoms with Crippen LogP contribution in [-0.2, 0) is 6.54 Å². The minimum Gasteiger partial charge on any atom is -0.357 e. The highest BCUT2D eigenvalue weighted by Gasteiger charge is 2.25. The fourth-order valence-electron chi connectivity index (χ4n) is 3.45. The summed E-state index contributed by atoms with van der Waals surface area (Å²) < 4.78 is 15.7. The van der Waals surface area contributed by atoms with E-state index in [1.54, 1.807) is 29.3 Å². The van der Waals surface area contributed by atoms with E-state index in [1.807, 2.05) is 36.2 Å². The van der Waals surface area contributed by atoms with Gasteiger partial charge >= 0.3 is 0 Å². The molecule has 0 aromatic carbocycles. The third-order valence-electron chi connectivity index (χ3n) is 4.88. The van der Waals surface area contributed by atoms with Gasteiger partial charge < -0.3 is 15.5 Å². The molecule has 1 unspecified atom stereocenters. The van der Waals surface area contributed by atoms with Crippen LogP contribution in [0, 0.1) is 5.82 Å². The zero-order valence-electron chi connectivity index (χ0n) is 17.3. The number of hydrogen-bond donors (Lipinski definition) is 2. The van der Waals surface area contributed by atoms with Crippen LogP contribution in [0.3, 0.4) is 0 Å². The lowest BCUT2D eigenvalue weighted by Crippen LogP contribution is -2.44. The summed E-state index contributed by atoms with van der Waals surface area (Å²) in [7, 11) is 0. The first-order valence-electron chi connectivity index (χ1n) is 10.1. The standard InChI is InChI=1S/C21H25FN8.HI/c1-2-23-21(26-14-16-6-10-24-19(13-16)30-11-4-9-27-30)28-17-7-12-29(15-17)20-18(22)5-3-8-25-20;/h3-6,8-11,13,17H,2,7,12,14-15H2,1H3,(H2,23,26,28);1H. The molecule has 3 aromatic heterocycles. The molecule has 0 aliphatic carbocycles. The van der Waals surface area contributed by atoms with Crippen LogP contribution >= 0.6 is 24.0 Å². The zero-order chi connectivity index (χ0) is 20.8. The summed E-state index contributed by atoms with van der Waals surface area (Å²) in [4.78, 5) is 15.2. The fourth-order valence-corrected chi connectivity index (χ4v) is 3.45. The molecule has 8 nitrogen and oxygen atoms in total. The van der Waals surface area contributed by atoms with Crippen molar-refractivity contribution in [2.75, 3.05) is 24.5 Å². The van der Waals surface area contributed by atoms with Gasteiger partial charge in [0.2, 0.25) is 0 Å². The molecule has 1 atom stereocenters. The SMILES string of the molecule is CCNC(=NCc1ccnc(-n2cccn2)c1)NC1CCN(c2ncccc2F)C1.I. The Morgan fingerprint density at radius 2 is 2.13 bits per heavy atom. The molecular formula is C21H26FIN8. The summed E-state index contributed by atoms with van der Waals surface area (Å²) in [5, 5.41) is 11.0. The van der Waals surface area contributed by atoms with Gasteiger partial charge in [-0.15, -0.1) is 24.0 Å². The summed E-state index contributed by atoms with van der Waals surface area (Å²) in [5.41, 5.74) is 1.04. The van der Waals surface area contributed by atoms with E-state index >= 15 is 0 Å². The largest absolute Gasteiger partial charge is 0.357 e. The Kier molecular flexibility index (Phi) is 8.15. The van der Waals surface area contributed by atoms with E-state index in [1.165, 1.54) is 6.07 Å². The molecule has 2 N–H and O–H groups in total. The van der Waals surface area contributed by atoms with E-state index in [0.717, 1.165) is 36.9 Å². The topological polar surface area (TPSA) is 83.3 Å². The number of nitrogens with one attached hydrogen (secondary N) is 2. The van der Waals surface area contributed by atoms with E-state index < -0.39 is 0 Å². The van der Waals surface area contributed by atoms with Gasteiger partial charge in [-0.3, -0.25) is 0 Å². The van der Waals surface area contributed by atoms with Gasteiger partial charge in [0.25, 0.3) is 0 Å². The Labute approximate surface area is 198 Å². The second kappa shape index (κ2) is 11.0. The van der Waals surface area contributed by atoms with E-state index in [4.69, 9.17) is 4.99 Å². The number of rotatable bonds is 6. The van der Waals surface area contributed by atoms with E-state index in [-0.39, 0.29) is 35.8 Å². The Morgan fingerprint density at radius 1 is 1.23 bits per heavy atom. The average Bonchev–Trinajstić information content (AvgIpc) is 3.45. The van der Waals surface area contributed by atoms with Crippen molar-refractivity contribution in [3.05, 3.63) is 66.5 Å². The van der Waals surface area contributed by atoms with Crippen molar-refractivity contribution >= 4 is 35.8 Å². The number of aliphatic imine (C=N–C) groups is 1. The Hall–Kier alpha value is -2.76. The number of pyridine rings is 2. The summed E-state index contributed by atoms with van der Waals surface area (Å²) in [5.74, 6) is 1.62. The van der Waals surface area contributed by atoms with Crippen molar-refractivity contribution in [3.8, 4) is 5.82 Å². The first-order valence-corrected chi connectivity index (χ1v) is 10.1. The number of hydrogen-bond acceptors (Lipinski definition) is 5. The van der Waals surface area contributed by atoms with Gasteiger partial charge in [-0.25, -0.2) is 24.0 Å². The summed E-state index contributed by atoms with van der Waals surface area (Å²) >= 11 is 0. The minimum absolute atomic E-state index is 0. The van der Waals surface area contributed by atoms with E-state index in [2.05, 4.69) is 25.7 Å². The molecule has 0 amide bonds. The smallest absolute Gasteiger partial charge is 0.191 e. The van der Waals surface area contributed by atoms with Crippen molar-refractivity contribution in [3.63, 3.8) is 0 Å². The maximum Gasteiger partial charge on any atom is 0.191 e. The van der Waals surface area contributed by atoms with Crippen LogP contribution in [0.1, 0.15) is 18.9 Å².